The van der Waals surface area contributed by atoms with Gasteiger partial charge >= 0.3 is 5.97 Å². The van der Waals surface area contributed by atoms with Crippen molar-refractivity contribution in [3.63, 3.8) is 0 Å². The van der Waals surface area contributed by atoms with Crippen molar-refractivity contribution in [1.82, 2.24) is 19.2 Å². The van der Waals surface area contributed by atoms with Crippen LogP contribution in [0.1, 0.15) is 21.9 Å². The van der Waals surface area contributed by atoms with Crippen LogP contribution in [0, 0.1) is 13.8 Å². The molecule has 0 aromatic carbocycles. The highest BCUT2D eigenvalue weighted by Gasteiger charge is 2.22. The molecule has 0 amide bonds. The van der Waals surface area contributed by atoms with Crippen LogP contribution >= 0.6 is 0 Å². The van der Waals surface area contributed by atoms with Gasteiger partial charge in [-0.3, -0.25) is 9.08 Å². The Hall–Kier alpha value is -2.83. The van der Waals surface area contributed by atoms with E-state index >= 15 is 0 Å². The summed E-state index contributed by atoms with van der Waals surface area (Å²) < 4.78 is 8.91. The van der Waals surface area contributed by atoms with E-state index in [1.807, 2.05) is 6.92 Å². The van der Waals surface area contributed by atoms with E-state index in [2.05, 4.69) is 10.1 Å². The number of aryl methyl sites for hydroxylation is 2. The highest BCUT2D eigenvalue weighted by Crippen LogP contribution is 2.30. The Morgan fingerprint density at radius 2 is 2.10 bits per heavy atom. The molecule has 1 N–H and O–H groups in total. The number of rotatable bonds is 3. The molecule has 0 radical (unpaired) electrons. The zero-order valence-corrected chi connectivity index (χ0v) is 11.9. The first kappa shape index (κ1) is 13.2. The molecule has 0 saturated carbocycles. The highest BCUT2D eigenvalue weighted by molar-refractivity contribution is 5.90. The van der Waals surface area contributed by atoms with E-state index in [0.717, 1.165) is 5.69 Å². The molecular weight excluding hydrogens is 272 g/mol. The van der Waals surface area contributed by atoms with Gasteiger partial charge in [-0.1, -0.05) is 6.07 Å². The number of carboxylic acids is 1. The normalized spacial score (nSPS) is 11.0. The minimum atomic E-state index is -1.09. The number of aromatic carboxylic acids is 1. The fraction of sp³-hybridized carbons (Fsp3) is 0.214. The summed E-state index contributed by atoms with van der Waals surface area (Å²) in [5.74, 6) is -0.501. The van der Waals surface area contributed by atoms with E-state index in [-0.39, 0.29) is 11.6 Å². The van der Waals surface area contributed by atoms with Crippen LogP contribution < -0.4 is 4.74 Å². The second-order valence-corrected chi connectivity index (χ2v) is 4.73. The fourth-order valence-corrected chi connectivity index (χ4v) is 2.24. The van der Waals surface area contributed by atoms with E-state index in [1.54, 1.807) is 43.0 Å². The number of pyridine rings is 1. The largest absolute Gasteiger partial charge is 0.476 e. The first-order chi connectivity index (χ1) is 9.99. The highest BCUT2D eigenvalue weighted by atomic mass is 16.5. The number of carboxylic acid groups (broad SMARTS) is 1. The summed E-state index contributed by atoms with van der Waals surface area (Å²) in [5.41, 5.74) is 2.00. The number of fused-ring (bicyclic) bond motifs is 1. The Labute approximate surface area is 120 Å². The molecule has 3 rings (SSSR count). The number of hydrogen-bond acceptors (Lipinski definition) is 4. The molecular formula is C14H14N4O3. The summed E-state index contributed by atoms with van der Waals surface area (Å²) in [6.07, 6.45) is 1.64. The minimum Gasteiger partial charge on any atom is -0.476 e. The van der Waals surface area contributed by atoms with Crippen molar-refractivity contribution in [3.8, 4) is 11.6 Å². The number of hydrogen-bond donors (Lipinski definition) is 1. The van der Waals surface area contributed by atoms with Gasteiger partial charge in [-0.15, -0.1) is 0 Å². The molecule has 3 aromatic rings. The van der Waals surface area contributed by atoms with Gasteiger partial charge < -0.3 is 9.84 Å². The summed E-state index contributed by atoms with van der Waals surface area (Å²) in [6.45, 7) is 3.66. The van der Waals surface area contributed by atoms with E-state index in [0.29, 0.717) is 17.1 Å². The maximum Gasteiger partial charge on any atom is 0.358 e. The molecule has 0 fully saturated rings. The molecule has 0 aliphatic heterocycles. The molecule has 3 aromatic heterocycles. The lowest BCUT2D eigenvalue weighted by Gasteiger charge is -2.04. The third-order valence-electron chi connectivity index (χ3n) is 3.34. The van der Waals surface area contributed by atoms with Crippen LogP contribution in [-0.2, 0) is 7.05 Å². The van der Waals surface area contributed by atoms with Gasteiger partial charge in [0, 0.05) is 13.2 Å². The second kappa shape index (κ2) is 4.62. The predicted octanol–water partition coefficient (Wildman–Crippen LogP) is 2.18. The van der Waals surface area contributed by atoms with E-state index in [1.165, 1.54) is 4.40 Å². The quantitative estimate of drug-likeness (QED) is 0.798. The van der Waals surface area contributed by atoms with Gasteiger partial charge in [0.15, 0.2) is 11.4 Å². The number of nitrogens with zero attached hydrogens (tertiary/aromatic N) is 4. The Bertz CT molecular complexity index is 847. The maximum atomic E-state index is 11.5. The molecule has 0 saturated heterocycles. The average Bonchev–Trinajstić information content (AvgIpc) is 2.91. The molecule has 0 spiro atoms. The summed E-state index contributed by atoms with van der Waals surface area (Å²) in [7, 11) is 1.80. The topological polar surface area (TPSA) is 81.6 Å². The standard InChI is InChI=1S/C14H14N4O3/c1-8-12(9(2)17(3)16-8)21-13-11(14(19)20)18-7-5-4-6-10(18)15-13/h4-7H,1-3H3,(H,19,20). The Kier molecular flexibility index (Phi) is 2.90. The first-order valence-corrected chi connectivity index (χ1v) is 6.37. The third-order valence-corrected chi connectivity index (χ3v) is 3.34. The number of ether oxygens (including phenoxy) is 1. The van der Waals surface area contributed by atoms with Crippen molar-refractivity contribution in [2.45, 2.75) is 13.8 Å². The Morgan fingerprint density at radius 1 is 1.33 bits per heavy atom. The lowest BCUT2D eigenvalue weighted by molar-refractivity contribution is 0.0686. The summed E-state index contributed by atoms with van der Waals surface area (Å²) in [5, 5.41) is 13.7. The Balaban J connectivity index is 2.16. The smallest absolute Gasteiger partial charge is 0.358 e. The number of imidazole rings is 1. The van der Waals surface area contributed by atoms with E-state index in [4.69, 9.17) is 4.74 Å². The Morgan fingerprint density at radius 3 is 2.71 bits per heavy atom. The molecule has 7 heteroatoms. The van der Waals surface area contributed by atoms with Crippen molar-refractivity contribution in [1.29, 1.82) is 0 Å². The third kappa shape index (κ3) is 2.03. The van der Waals surface area contributed by atoms with Crippen molar-refractivity contribution < 1.29 is 14.6 Å². The zero-order valence-electron chi connectivity index (χ0n) is 11.9. The maximum absolute atomic E-state index is 11.5. The number of carbonyl (C=O) groups is 1. The van der Waals surface area contributed by atoms with Gasteiger partial charge in [0.1, 0.15) is 11.3 Å². The van der Waals surface area contributed by atoms with Crippen LogP contribution in [0.3, 0.4) is 0 Å². The van der Waals surface area contributed by atoms with Crippen LogP contribution in [0.25, 0.3) is 5.65 Å². The van der Waals surface area contributed by atoms with Crippen LogP contribution in [0.2, 0.25) is 0 Å². The predicted molar refractivity (Wildman–Crippen MR) is 74.9 cm³/mol. The van der Waals surface area contributed by atoms with Crippen LogP contribution in [0.5, 0.6) is 11.6 Å². The van der Waals surface area contributed by atoms with Gasteiger partial charge in [-0.2, -0.15) is 10.1 Å². The second-order valence-electron chi connectivity index (χ2n) is 4.73. The molecule has 0 atom stereocenters. The van der Waals surface area contributed by atoms with Crippen molar-refractivity contribution >= 4 is 11.6 Å². The van der Waals surface area contributed by atoms with Gasteiger partial charge in [0.2, 0.25) is 0 Å². The minimum absolute atomic E-state index is 0.00625. The molecule has 108 valence electrons. The summed E-state index contributed by atoms with van der Waals surface area (Å²) >= 11 is 0. The first-order valence-electron chi connectivity index (χ1n) is 6.37. The van der Waals surface area contributed by atoms with Gasteiger partial charge in [-0.05, 0) is 26.0 Å². The van der Waals surface area contributed by atoms with Gasteiger partial charge in [0.25, 0.3) is 5.88 Å². The summed E-state index contributed by atoms with van der Waals surface area (Å²) in [4.78, 5) is 15.7. The van der Waals surface area contributed by atoms with Crippen molar-refractivity contribution in [2.24, 2.45) is 7.05 Å². The van der Waals surface area contributed by atoms with E-state index in [9.17, 15) is 9.90 Å². The lowest BCUT2D eigenvalue weighted by atomic mass is 10.3. The monoisotopic (exact) mass is 286 g/mol. The van der Waals surface area contributed by atoms with Gasteiger partial charge in [-0.25, -0.2) is 4.79 Å². The summed E-state index contributed by atoms with van der Waals surface area (Å²) in [6, 6.07) is 5.26. The zero-order chi connectivity index (χ0) is 15.1. The van der Waals surface area contributed by atoms with Crippen LogP contribution in [-0.4, -0.2) is 30.2 Å². The van der Waals surface area contributed by atoms with Crippen molar-refractivity contribution in [2.75, 3.05) is 0 Å². The molecule has 0 bridgehead atoms. The number of aromatic nitrogens is 4. The van der Waals surface area contributed by atoms with E-state index < -0.39 is 5.97 Å². The van der Waals surface area contributed by atoms with Gasteiger partial charge in [0.05, 0.1) is 5.69 Å². The van der Waals surface area contributed by atoms with Crippen LogP contribution in [0.4, 0.5) is 0 Å². The average molecular weight is 286 g/mol. The molecule has 0 unspecified atom stereocenters. The molecule has 21 heavy (non-hydrogen) atoms. The van der Waals surface area contributed by atoms with Crippen molar-refractivity contribution in [3.05, 3.63) is 41.5 Å². The molecule has 0 aliphatic rings. The molecule has 3 heterocycles. The van der Waals surface area contributed by atoms with Crippen LogP contribution in [0.15, 0.2) is 24.4 Å². The SMILES string of the molecule is Cc1nn(C)c(C)c1Oc1nc2ccccn2c1C(=O)O. The fourth-order valence-electron chi connectivity index (χ4n) is 2.24. The lowest BCUT2D eigenvalue weighted by Crippen LogP contribution is -2.03. The molecule has 0 aliphatic carbocycles. The molecule has 7 nitrogen and oxygen atoms in total.